The van der Waals surface area contributed by atoms with E-state index in [1.165, 1.54) is 5.56 Å². The third kappa shape index (κ3) is 5.91. The van der Waals surface area contributed by atoms with Gasteiger partial charge >= 0.3 is 0 Å². The molecule has 29 heavy (non-hydrogen) atoms. The van der Waals surface area contributed by atoms with Gasteiger partial charge in [-0.2, -0.15) is 0 Å². The van der Waals surface area contributed by atoms with Crippen molar-refractivity contribution in [3.63, 3.8) is 0 Å². The molecule has 0 atom stereocenters. The number of nitrogens with zero attached hydrogens (tertiary/aromatic N) is 2. The van der Waals surface area contributed by atoms with Crippen LogP contribution < -0.4 is 5.32 Å². The summed E-state index contributed by atoms with van der Waals surface area (Å²) >= 11 is 0. The molecule has 0 saturated carbocycles. The molecule has 1 N–H and O–H groups in total. The molecule has 2 amide bonds. The first-order valence-electron chi connectivity index (χ1n) is 10.5. The average molecular weight is 394 g/mol. The number of carbonyl (C=O) groups excluding carboxylic acids is 2. The number of nitrogens with one attached hydrogen (secondary N) is 1. The number of carbonyl (C=O) groups is 2. The predicted molar refractivity (Wildman–Crippen MR) is 117 cm³/mol. The second kappa shape index (κ2) is 10.2. The number of benzene rings is 2. The summed E-state index contributed by atoms with van der Waals surface area (Å²) in [6.45, 7) is 4.42. The molecule has 0 aromatic heterocycles. The zero-order chi connectivity index (χ0) is 20.6. The van der Waals surface area contributed by atoms with Crippen LogP contribution in [0.1, 0.15) is 42.1 Å². The minimum Gasteiger partial charge on any atom is -0.339 e. The van der Waals surface area contributed by atoms with Crippen molar-refractivity contribution in [3.05, 3.63) is 65.7 Å². The highest BCUT2D eigenvalue weighted by Crippen LogP contribution is 2.19. The van der Waals surface area contributed by atoms with Gasteiger partial charge in [-0.1, -0.05) is 37.3 Å². The molecule has 3 rings (SSSR count). The summed E-state index contributed by atoms with van der Waals surface area (Å²) in [6.07, 6.45) is 3.50. The van der Waals surface area contributed by atoms with Gasteiger partial charge < -0.3 is 15.1 Å². The van der Waals surface area contributed by atoms with Gasteiger partial charge in [-0.15, -0.1) is 0 Å². The molecule has 0 unspecified atom stereocenters. The Morgan fingerprint density at radius 3 is 2.31 bits per heavy atom. The maximum atomic E-state index is 12.8. The van der Waals surface area contributed by atoms with Crippen LogP contribution in [0.5, 0.6) is 0 Å². The van der Waals surface area contributed by atoms with Gasteiger partial charge in [0.15, 0.2) is 0 Å². The minimum absolute atomic E-state index is 0.0254. The Labute approximate surface area is 173 Å². The van der Waals surface area contributed by atoms with Crippen LogP contribution in [-0.4, -0.2) is 54.3 Å². The van der Waals surface area contributed by atoms with Crippen LogP contribution in [0.2, 0.25) is 0 Å². The lowest BCUT2D eigenvalue weighted by Crippen LogP contribution is -2.46. The molecular formula is C24H31N3O2. The lowest BCUT2D eigenvalue weighted by molar-refractivity contribution is -0.115. The number of likely N-dealkylation sites (tertiary alicyclic amines) is 1. The van der Waals surface area contributed by atoms with Crippen LogP contribution in [0.4, 0.5) is 5.69 Å². The van der Waals surface area contributed by atoms with Gasteiger partial charge in [-0.05, 0) is 56.1 Å². The monoisotopic (exact) mass is 393 g/mol. The van der Waals surface area contributed by atoms with E-state index in [9.17, 15) is 9.59 Å². The second-order valence-corrected chi connectivity index (χ2v) is 7.72. The number of anilines is 1. The molecule has 154 valence electrons. The van der Waals surface area contributed by atoms with E-state index in [1.54, 1.807) is 24.3 Å². The molecular weight excluding hydrogens is 362 g/mol. The normalized spacial score (nSPS) is 14.8. The molecule has 1 aliphatic heterocycles. The third-order valence-electron chi connectivity index (χ3n) is 5.71. The summed E-state index contributed by atoms with van der Waals surface area (Å²) in [7, 11) is 2.19. The molecule has 0 aliphatic carbocycles. The molecule has 0 bridgehead atoms. The number of rotatable bonds is 7. The van der Waals surface area contributed by atoms with Crippen LogP contribution in [0.3, 0.4) is 0 Å². The van der Waals surface area contributed by atoms with Crippen molar-refractivity contribution in [2.24, 2.45) is 0 Å². The van der Waals surface area contributed by atoms with Gasteiger partial charge in [0.25, 0.3) is 5.91 Å². The topological polar surface area (TPSA) is 52.7 Å². The van der Waals surface area contributed by atoms with E-state index in [0.29, 0.717) is 18.0 Å². The lowest BCUT2D eigenvalue weighted by atomic mass is 10.0. The Morgan fingerprint density at radius 2 is 1.69 bits per heavy atom. The van der Waals surface area contributed by atoms with Crippen LogP contribution in [0.25, 0.3) is 0 Å². The minimum atomic E-state index is -0.0254. The number of amides is 2. The van der Waals surface area contributed by atoms with Crippen molar-refractivity contribution >= 4 is 17.5 Å². The zero-order valence-corrected chi connectivity index (χ0v) is 17.4. The maximum absolute atomic E-state index is 12.8. The van der Waals surface area contributed by atoms with E-state index in [2.05, 4.69) is 47.6 Å². The van der Waals surface area contributed by atoms with Crippen molar-refractivity contribution in [1.82, 2.24) is 9.80 Å². The summed E-state index contributed by atoms with van der Waals surface area (Å²) in [4.78, 5) is 28.6. The maximum Gasteiger partial charge on any atom is 0.253 e. The molecule has 1 aliphatic rings. The van der Waals surface area contributed by atoms with Crippen molar-refractivity contribution in [1.29, 1.82) is 0 Å². The fourth-order valence-corrected chi connectivity index (χ4v) is 3.77. The molecule has 1 saturated heterocycles. The van der Waals surface area contributed by atoms with Crippen LogP contribution in [0.15, 0.2) is 54.6 Å². The van der Waals surface area contributed by atoms with Gasteiger partial charge in [0.2, 0.25) is 5.91 Å². The highest BCUT2D eigenvalue weighted by molar-refractivity contribution is 5.95. The Hall–Kier alpha value is -2.66. The van der Waals surface area contributed by atoms with E-state index < -0.39 is 0 Å². The fourth-order valence-electron chi connectivity index (χ4n) is 3.77. The van der Waals surface area contributed by atoms with Gasteiger partial charge in [-0.25, -0.2) is 0 Å². The van der Waals surface area contributed by atoms with Crippen LogP contribution in [-0.2, 0) is 11.2 Å². The second-order valence-electron chi connectivity index (χ2n) is 7.72. The zero-order valence-electron chi connectivity index (χ0n) is 17.4. The SMILES string of the molecule is CCC(=O)Nc1ccc(C(=O)N2CCC(N(C)CCc3ccccc3)CC2)cc1. The average Bonchev–Trinajstić information content (AvgIpc) is 2.78. The van der Waals surface area contributed by atoms with Gasteiger partial charge in [-0.3, -0.25) is 9.59 Å². The summed E-state index contributed by atoms with van der Waals surface area (Å²) in [6, 6.07) is 18.3. The molecule has 5 heteroatoms. The molecule has 0 radical (unpaired) electrons. The summed E-state index contributed by atoms with van der Waals surface area (Å²) < 4.78 is 0. The predicted octanol–water partition coefficient (Wildman–Crippen LogP) is 3.81. The van der Waals surface area contributed by atoms with E-state index >= 15 is 0 Å². The first-order chi connectivity index (χ1) is 14.1. The van der Waals surface area contributed by atoms with E-state index in [-0.39, 0.29) is 11.8 Å². The number of piperidine rings is 1. The first-order valence-corrected chi connectivity index (χ1v) is 10.5. The third-order valence-corrected chi connectivity index (χ3v) is 5.71. The van der Waals surface area contributed by atoms with Crippen molar-refractivity contribution in [3.8, 4) is 0 Å². The highest BCUT2D eigenvalue weighted by Gasteiger charge is 2.25. The van der Waals surface area contributed by atoms with Crippen LogP contribution >= 0.6 is 0 Å². The van der Waals surface area contributed by atoms with Gasteiger partial charge in [0, 0.05) is 43.3 Å². The standard InChI is InChI=1S/C24H31N3O2/c1-3-23(28)25-21-11-9-20(10-12-21)24(29)27-17-14-22(15-18-27)26(2)16-13-19-7-5-4-6-8-19/h4-12,22H,3,13-18H2,1-2H3,(H,25,28). The largest absolute Gasteiger partial charge is 0.339 e. The van der Waals surface area contributed by atoms with E-state index in [4.69, 9.17) is 0 Å². The summed E-state index contributed by atoms with van der Waals surface area (Å²) in [5.74, 6) is 0.0475. The summed E-state index contributed by atoms with van der Waals surface area (Å²) in [5, 5.41) is 2.81. The molecule has 1 heterocycles. The highest BCUT2D eigenvalue weighted by atomic mass is 16.2. The first kappa shape index (κ1) is 21.1. The Morgan fingerprint density at radius 1 is 1.03 bits per heavy atom. The Kier molecular flexibility index (Phi) is 7.42. The van der Waals surface area contributed by atoms with Gasteiger partial charge in [0.1, 0.15) is 0 Å². The number of likely N-dealkylation sites (N-methyl/N-ethyl adjacent to an activating group) is 1. The van der Waals surface area contributed by atoms with Crippen molar-refractivity contribution in [2.45, 2.75) is 38.6 Å². The fraction of sp³-hybridized carbons (Fsp3) is 0.417. The smallest absolute Gasteiger partial charge is 0.253 e. The molecule has 5 nitrogen and oxygen atoms in total. The number of hydrogen-bond acceptors (Lipinski definition) is 3. The Bertz CT molecular complexity index is 797. The summed E-state index contributed by atoms with van der Waals surface area (Å²) in [5.41, 5.74) is 2.77. The van der Waals surface area contributed by atoms with Crippen LogP contribution in [0, 0.1) is 0 Å². The molecule has 1 fully saturated rings. The van der Waals surface area contributed by atoms with Gasteiger partial charge in [0.05, 0.1) is 0 Å². The quantitative estimate of drug-likeness (QED) is 0.778. The molecule has 2 aromatic rings. The van der Waals surface area contributed by atoms with E-state index in [1.807, 2.05) is 11.8 Å². The molecule has 2 aromatic carbocycles. The molecule has 0 spiro atoms. The van der Waals surface area contributed by atoms with E-state index in [0.717, 1.165) is 44.6 Å². The Balaban J connectivity index is 1.47. The van der Waals surface area contributed by atoms with Crippen molar-refractivity contribution in [2.75, 3.05) is 32.0 Å². The number of hydrogen-bond donors (Lipinski definition) is 1. The van der Waals surface area contributed by atoms with Crippen molar-refractivity contribution < 1.29 is 9.59 Å². The lowest BCUT2D eigenvalue weighted by Gasteiger charge is -2.37.